The van der Waals surface area contributed by atoms with Crippen LogP contribution in [0.1, 0.15) is 17.4 Å². The predicted octanol–water partition coefficient (Wildman–Crippen LogP) is 2.32. The number of nitrogens with zero attached hydrogens (tertiary/aromatic N) is 5. The van der Waals surface area contributed by atoms with Gasteiger partial charge in [-0.1, -0.05) is 0 Å². The Morgan fingerprint density at radius 3 is 2.44 bits per heavy atom. The van der Waals surface area contributed by atoms with E-state index < -0.39 is 0 Å². The van der Waals surface area contributed by atoms with E-state index in [9.17, 15) is 4.79 Å². The van der Waals surface area contributed by atoms with Crippen molar-refractivity contribution in [2.24, 2.45) is 7.05 Å². The van der Waals surface area contributed by atoms with Gasteiger partial charge < -0.3 is 25.0 Å². The van der Waals surface area contributed by atoms with Gasteiger partial charge in [-0.25, -0.2) is 9.97 Å². The summed E-state index contributed by atoms with van der Waals surface area (Å²) in [7, 11) is 8.84. The van der Waals surface area contributed by atoms with E-state index in [0.717, 1.165) is 6.54 Å². The maximum absolute atomic E-state index is 12.7. The highest BCUT2D eigenvalue weighted by atomic mass is 16.5. The normalized spacial score (nSPS) is 11.8. The number of methoxy groups -OCH3 is 2. The summed E-state index contributed by atoms with van der Waals surface area (Å²) in [4.78, 5) is 23.5. The smallest absolute Gasteiger partial charge is 0.269 e. The Hall–Kier alpha value is -3.66. The van der Waals surface area contributed by atoms with Crippen LogP contribution in [0.5, 0.6) is 11.5 Å². The van der Waals surface area contributed by atoms with Crippen molar-refractivity contribution in [2.45, 2.75) is 13.0 Å². The fraction of sp³-hybridized carbons (Fsp3) is 0.364. The molecule has 0 aliphatic rings. The van der Waals surface area contributed by atoms with Crippen molar-refractivity contribution < 1.29 is 14.3 Å². The first-order valence-corrected chi connectivity index (χ1v) is 10.1. The van der Waals surface area contributed by atoms with Gasteiger partial charge in [-0.05, 0) is 33.2 Å². The third kappa shape index (κ3) is 5.73. The van der Waals surface area contributed by atoms with Crippen LogP contribution in [-0.2, 0) is 7.05 Å². The highest BCUT2D eigenvalue weighted by Gasteiger charge is 2.17. The van der Waals surface area contributed by atoms with Crippen LogP contribution in [0.25, 0.3) is 11.4 Å². The van der Waals surface area contributed by atoms with Gasteiger partial charge in [0, 0.05) is 49.7 Å². The lowest BCUT2D eigenvalue weighted by molar-refractivity contribution is 0.0925. The zero-order valence-electron chi connectivity index (χ0n) is 19.2. The molecule has 1 aromatic carbocycles. The standard InChI is InChI=1S/C22H29N7O3/c1-14(13-28(2)3)24-21(30)20-12-19(27-29(20)4)18-7-8-23-22(26-18)25-15-9-16(31-5)11-17(10-15)32-6/h7-12,14H,13H2,1-6H3,(H,24,30)(H,23,25,26)/t14-/m0/s1. The number of benzene rings is 1. The van der Waals surface area contributed by atoms with Crippen LogP contribution in [0.15, 0.2) is 36.5 Å². The maximum atomic E-state index is 12.7. The maximum Gasteiger partial charge on any atom is 0.269 e. The van der Waals surface area contributed by atoms with Crippen LogP contribution >= 0.6 is 0 Å². The lowest BCUT2D eigenvalue weighted by Gasteiger charge is -2.18. The Morgan fingerprint density at radius 1 is 1.12 bits per heavy atom. The SMILES string of the molecule is COc1cc(Nc2nccc(-c3cc(C(=O)N[C@@H](C)CN(C)C)n(C)n3)n2)cc(OC)c1. The molecule has 3 rings (SSSR count). The van der Waals surface area contributed by atoms with Gasteiger partial charge in [0.25, 0.3) is 5.91 Å². The number of carbonyl (C=O) groups is 1. The summed E-state index contributed by atoms with van der Waals surface area (Å²) < 4.78 is 12.2. The number of aromatic nitrogens is 4. The monoisotopic (exact) mass is 439 g/mol. The molecule has 0 aliphatic carbocycles. The molecule has 0 spiro atoms. The number of carbonyl (C=O) groups excluding carboxylic acids is 1. The minimum atomic E-state index is -0.184. The van der Waals surface area contributed by atoms with Gasteiger partial charge in [0.15, 0.2) is 0 Å². The Morgan fingerprint density at radius 2 is 1.81 bits per heavy atom. The quantitative estimate of drug-likeness (QED) is 0.523. The second-order valence-corrected chi connectivity index (χ2v) is 7.67. The lowest BCUT2D eigenvalue weighted by Crippen LogP contribution is -2.40. The molecule has 0 radical (unpaired) electrons. The van der Waals surface area contributed by atoms with E-state index in [0.29, 0.717) is 40.2 Å². The summed E-state index contributed by atoms with van der Waals surface area (Å²) in [5.41, 5.74) is 2.34. The fourth-order valence-electron chi connectivity index (χ4n) is 3.27. The summed E-state index contributed by atoms with van der Waals surface area (Å²) >= 11 is 0. The number of ether oxygens (including phenoxy) is 2. The van der Waals surface area contributed by atoms with Crippen molar-refractivity contribution in [3.8, 4) is 22.9 Å². The average Bonchev–Trinajstić information content (AvgIpc) is 3.14. The molecule has 32 heavy (non-hydrogen) atoms. The Bertz CT molecular complexity index is 1060. The van der Waals surface area contributed by atoms with E-state index >= 15 is 0 Å². The molecule has 0 bridgehead atoms. The van der Waals surface area contributed by atoms with Gasteiger partial charge in [0.1, 0.15) is 22.9 Å². The summed E-state index contributed by atoms with van der Waals surface area (Å²) in [6.07, 6.45) is 1.63. The fourth-order valence-corrected chi connectivity index (χ4v) is 3.27. The Balaban J connectivity index is 1.80. The Kier molecular flexibility index (Phi) is 7.26. The van der Waals surface area contributed by atoms with E-state index in [2.05, 4.69) is 25.7 Å². The molecule has 0 saturated carbocycles. The molecule has 3 aromatic rings. The molecule has 10 heteroatoms. The molecule has 1 amide bonds. The molecule has 1 atom stereocenters. The molecule has 10 nitrogen and oxygen atoms in total. The van der Waals surface area contributed by atoms with Crippen LogP contribution in [0.3, 0.4) is 0 Å². The summed E-state index contributed by atoms with van der Waals surface area (Å²) in [6.45, 7) is 2.71. The second-order valence-electron chi connectivity index (χ2n) is 7.67. The van der Waals surface area contributed by atoms with Crippen molar-refractivity contribution in [3.63, 3.8) is 0 Å². The first kappa shape index (κ1) is 23.0. The van der Waals surface area contributed by atoms with Crippen molar-refractivity contribution in [1.29, 1.82) is 0 Å². The largest absolute Gasteiger partial charge is 0.497 e. The first-order chi connectivity index (χ1) is 15.3. The summed E-state index contributed by atoms with van der Waals surface area (Å²) in [5, 5.41) is 10.6. The lowest BCUT2D eigenvalue weighted by atomic mass is 10.2. The van der Waals surface area contributed by atoms with Crippen LogP contribution in [0.2, 0.25) is 0 Å². The molecule has 2 aromatic heterocycles. The van der Waals surface area contributed by atoms with Gasteiger partial charge in [-0.3, -0.25) is 9.48 Å². The van der Waals surface area contributed by atoms with E-state index in [4.69, 9.17) is 9.47 Å². The zero-order valence-corrected chi connectivity index (χ0v) is 19.2. The topological polar surface area (TPSA) is 106 Å². The molecule has 170 valence electrons. The van der Waals surface area contributed by atoms with Crippen molar-refractivity contribution >= 4 is 17.5 Å². The van der Waals surface area contributed by atoms with Crippen LogP contribution in [0.4, 0.5) is 11.6 Å². The van der Waals surface area contributed by atoms with Gasteiger partial charge in [0.05, 0.1) is 19.9 Å². The van der Waals surface area contributed by atoms with Crippen molar-refractivity contribution in [2.75, 3.05) is 40.2 Å². The minimum absolute atomic E-state index is 0.00515. The predicted molar refractivity (Wildman–Crippen MR) is 123 cm³/mol. The highest BCUT2D eigenvalue weighted by Crippen LogP contribution is 2.27. The van der Waals surface area contributed by atoms with Gasteiger partial charge >= 0.3 is 0 Å². The van der Waals surface area contributed by atoms with Crippen molar-refractivity contribution in [1.82, 2.24) is 30.0 Å². The molecule has 0 fully saturated rings. The van der Waals surface area contributed by atoms with E-state index in [1.807, 2.05) is 38.1 Å². The number of amides is 1. The molecule has 2 heterocycles. The second kappa shape index (κ2) is 10.1. The summed E-state index contributed by atoms with van der Waals surface area (Å²) in [6, 6.07) is 8.88. The van der Waals surface area contributed by atoms with Gasteiger partial charge in [0.2, 0.25) is 5.95 Å². The summed E-state index contributed by atoms with van der Waals surface area (Å²) in [5.74, 6) is 1.49. The number of nitrogens with one attached hydrogen (secondary N) is 2. The molecular weight excluding hydrogens is 410 g/mol. The number of hydrogen-bond donors (Lipinski definition) is 2. The van der Waals surface area contributed by atoms with Gasteiger partial charge in [-0.15, -0.1) is 0 Å². The third-order valence-corrected chi connectivity index (χ3v) is 4.65. The number of rotatable bonds is 9. The zero-order chi connectivity index (χ0) is 23.3. The molecule has 0 aliphatic heterocycles. The first-order valence-electron chi connectivity index (χ1n) is 10.1. The van der Waals surface area contributed by atoms with Gasteiger partial charge in [-0.2, -0.15) is 5.10 Å². The van der Waals surface area contributed by atoms with Crippen molar-refractivity contribution in [3.05, 3.63) is 42.2 Å². The van der Waals surface area contributed by atoms with E-state index in [-0.39, 0.29) is 11.9 Å². The molecule has 2 N–H and O–H groups in total. The minimum Gasteiger partial charge on any atom is -0.497 e. The number of aryl methyl sites for hydroxylation is 1. The number of likely N-dealkylation sites (N-methyl/N-ethyl adjacent to an activating group) is 1. The molecular formula is C22H29N7O3. The van der Waals surface area contributed by atoms with E-state index in [1.165, 1.54) is 0 Å². The molecule has 0 saturated heterocycles. The van der Waals surface area contributed by atoms with Crippen LogP contribution in [-0.4, -0.2) is 71.5 Å². The number of anilines is 2. The van der Waals surface area contributed by atoms with E-state index in [1.54, 1.807) is 50.3 Å². The third-order valence-electron chi connectivity index (χ3n) is 4.65. The van der Waals surface area contributed by atoms with Crippen LogP contribution in [0, 0.1) is 0 Å². The number of hydrogen-bond acceptors (Lipinski definition) is 8. The highest BCUT2D eigenvalue weighted by molar-refractivity contribution is 5.93. The average molecular weight is 440 g/mol. The molecule has 0 unspecified atom stereocenters. The van der Waals surface area contributed by atoms with Crippen LogP contribution < -0.4 is 20.1 Å². The Labute approximate surface area is 187 Å².